The van der Waals surface area contributed by atoms with Crippen LogP contribution in [0.15, 0.2) is 0 Å². The Morgan fingerprint density at radius 3 is 3.00 bits per heavy atom. The molecule has 2 rings (SSSR count). The van der Waals surface area contributed by atoms with Gasteiger partial charge in [0.05, 0.1) is 6.61 Å². The van der Waals surface area contributed by atoms with Crippen molar-refractivity contribution in [3.63, 3.8) is 0 Å². The molecule has 0 aromatic carbocycles. The van der Waals surface area contributed by atoms with Crippen LogP contribution in [0.25, 0.3) is 0 Å². The first-order chi connectivity index (χ1) is 4.76. The zero-order valence-electron chi connectivity index (χ0n) is 5.37. The standard InChI is InChI=1S/C6H8O4/c7-5(8)6-3-9-2-1-4(6)10-6/h4H,1-3H2,(H,7,8)/t4-,6+/m0/s1. The van der Waals surface area contributed by atoms with E-state index in [0.29, 0.717) is 13.0 Å². The summed E-state index contributed by atoms with van der Waals surface area (Å²) in [5.74, 6) is -0.891. The first-order valence-corrected chi connectivity index (χ1v) is 3.25. The number of aliphatic carboxylic acids is 1. The van der Waals surface area contributed by atoms with Crippen LogP contribution in [0.5, 0.6) is 0 Å². The molecule has 0 radical (unpaired) electrons. The maximum Gasteiger partial charge on any atom is 0.341 e. The smallest absolute Gasteiger partial charge is 0.341 e. The highest BCUT2D eigenvalue weighted by Gasteiger charge is 2.64. The lowest BCUT2D eigenvalue weighted by molar-refractivity contribution is -0.146. The molecule has 0 unspecified atom stereocenters. The Morgan fingerprint density at radius 2 is 2.50 bits per heavy atom. The van der Waals surface area contributed by atoms with E-state index in [4.69, 9.17) is 14.6 Å². The number of fused-ring (bicyclic) bond motifs is 1. The number of carboxylic acids is 1. The summed E-state index contributed by atoms with van der Waals surface area (Å²) in [5, 5.41) is 8.63. The lowest BCUT2D eigenvalue weighted by Crippen LogP contribution is -2.36. The molecular weight excluding hydrogens is 136 g/mol. The summed E-state index contributed by atoms with van der Waals surface area (Å²) >= 11 is 0. The molecule has 0 aromatic heterocycles. The first-order valence-electron chi connectivity index (χ1n) is 3.25. The van der Waals surface area contributed by atoms with Gasteiger partial charge in [-0.3, -0.25) is 0 Å². The van der Waals surface area contributed by atoms with E-state index < -0.39 is 11.6 Å². The summed E-state index contributed by atoms with van der Waals surface area (Å²) in [6, 6.07) is 0. The van der Waals surface area contributed by atoms with Gasteiger partial charge in [0.15, 0.2) is 0 Å². The van der Waals surface area contributed by atoms with Crippen molar-refractivity contribution < 1.29 is 19.4 Å². The van der Waals surface area contributed by atoms with Gasteiger partial charge in [0.2, 0.25) is 5.60 Å². The summed E-state index contributed by atoms with van der Waals surface area (Å²) < 4.78 is 9.98. The van der Waals surface area contributed by atoms with Gasteiger partial charge in [0.25, 0.3) is 0 Å². The van der Waals surface area contributed by atoms with E-state index in [-0.39, 0.29) is 12.7 Å². The van der Waals surface area contributed by atoms with Gasteiger partial charge in [0.1, 0.15) is 6.10 Å². The zero-order valence-corrected chi connectivity index (χ0v) is 5.37. The van der Waals surface area contributed by atoms with E-state index >= 15 is 0 Å². The molecule has 2 saturated heterocycles. The second kappa shape index (κ2) is 1.71. The van der Waals surface area contributed by atoms with Crippen molar-refractivity contribution in [2.75, 3.05) is 13.2 Å². The van der Waals surface area contributed by atoms with Crippen LogP contribution in [0.2, 0.25) is 0 Å². The summed E-state index contributed by atoms with van der Waals surface area (Å²) in [4.78, 5) is 10.5. The van der Waals surface area contributed by atoms with Crippen molar-refractivity contribution in [2.45, 2.75) is 18.1 Å². The van der Waals surface area contributed by atoms with Gasteiger partial charge in [-0.25, -0.2) is 4.79 Å². The van der Waals surface area contributed by atoms with E-state index in [1.54, 1.807) is 0 Å². The van der Waals surface area contributed by atoms with Crippen LogP contribution in [0.1, 0.15) is 6.42 Å². The largest absolute Gasteiger partial charge is 0.479 e. The normalized spacial score (nSPS) is 44.2. The Bertz CT molecular complexity index is 179. The number of carboxylic acid groups (broad SMARTS) is 1. The Labute approximate surface area is 57.7 Å². The Hall–Kier alpha value is -0.610. The molecule has 2 atom stereocenters. The van der Waals surface area contributed by atoms with E-state index in [1.807, 2.05) is 0 Å². The van der Waals surface area contributed by atoms with E-state index in [0.717, 1.165) is 0 Å². The maximum atomic E-state index is 10.5. The van der Waals surface area contributed by atoms with Crippen molar-refractivity contribution in [3.8, 4) is 0 Å². The number of carbonyl (C=O) groups is 1. The molecule has 2 heterocycles. The van der Waals surface area contributed by atoms with E-state index in [9.17, 15) is 4.79 Å². The van der Waals surface area contributed by atoms with Crippen molar-refractivity contribution >= 4 is 5.97 Å². The molecule has 0 aromatic rings. The summed E-state index contributed by atoms with van der Waals surface area (Å²) in [5.41, 5.74) is -0.960. The lowest BCUT2D eigenvalue weighted by atomic mass is 10.0. The minimum absolute atomic E-state index is 0.0845. The molecule has 4 heteroatoms. The number of hydrogen-bond donors (Lipinski definition) is 1. The van der Waals surface area contributed by atoms with Crippen molar-refractivity contribution in [2.24, 2.45) is 0 Å². The third-order valence-electron chi connectivity index (χ3n) is 2.02. The highest BCUT2D eigenvalue weighted by atomic mass is 16.7. The highest BCUT2D eigenvalue weighted by Crippen LogP contribution is 2.42. The first kappa shape index (κ1) is 6.12. The molecule has 1 N–H and O–H groups in total. The zero-order chi connectivity index (χ0) is 7.19. The highest BCUT2D eigenvalue weighted by molar-refractivity contribution is 5.81. The Morgan fingerprint density at radius 1 is 1.70 bits per heavy atom. The van der Waals surface area contributed by atoms with Gasteiger partial charge in [-0.05, 0) is 0 Å². The predicted molar refractivity (Wildman–Crippen MR) is 30.7 cm³/mol. The van der Waals surface area contributed by atoms with Gasteiger partial charge in [-0.2, -0.15) is 0 Å². The quantitative estimate of drug-likeness (QED) is 0.510. The van der Waals surface area contributed by atoms with Gasteiger partial charge in [-0.15, -0.1) is 0 Å². The predicted octanol–water partition coefficient (Wildman–Crippen LogP) is -0.371. The molecule has 0 spiro atoms. The molecule has 0 amide bonds. The Kier molecular flexibility index (Phi) is 1.04. The average molecular weight is 144 g/mol. The van der Waals surface area contributed by atoms with E-state index in [2.05, 4.69) is 0 Å². The van der Waals surface area contributed by atoms with Gasteiger partial charge < -0.3 is 14.6 Å². The molecule has 2 fully saturated rings. The van der Waals surface area contributed by atoms with Crippen molar-refractivity contribution in [3.05, 3.63) is 0 Å². The van der Waals surface area contributed by atoms with Crippen LogP contribution in [0, 0.1) is 0 Å². The fraction of sp³-hybridized carbons (Fsp3) is 0.833. The molecule has 10 heavy (non-hydrogen) atoms. The number of epoxide rings is 1. The molecule has 0 aliphatic carbocycles. The van der Waals surface area contributed by atoms with Crippen LogP contribution in [0.3, 0.4) is 0 Å². The van der Waals surface area contributed by atoms with Crippen LogP contribution in [-0.4, -0.2) is 36.0 Å². The monoisotopic (exact) mass is 144 g/mol. The van der Waals surface area contributed by atoms with Gasteiger partial charge in [0, 0.05) is 13.0 Å². The number of hydrogen-bond acceptors (Lipinski definition) is 3. The van der Waals surface area contributed by atoms with Crippen molar-refractivity contribution in [1.82, 2.24) is 0 Å². The van der Waals surface area contributed by atoms with Crippen LogP contribution in [0.4, 0.5) is 0 Å². The van der Waals surface area contributed by atoms with Crippen molar-refractivity contribution in [1.29, 1.82) is 0 Å². The summed E-state index contributed by atoms with van der Waals surface area (Å²) in [6.45, 7) is 0.840. The van der Waals surface area contributed by atoms with E-state index in [1.165, 1.54) is 0 Å². The van der Waals surface area contributed by atoms with Crippen LogP contribution in [-0.2, 0) is 14.3 Å². The average Bonchev–Trinajstić information content (AvgIpc) is 2.61. The molecule has 0 saturated carbocycles. The molecule has 4 nitrogen and oxygen atoms in total. The van der Waals surface area contributed by atoms with Crippen LogP contribution < -0.4 is 0 Å². The maximum absolute atomic E-state index is 10.5. The summed E-state index contributed by atoms with van der Waals surface area (Å²) in [6.07, 6.45) is 0.630. The fourth-order valence-corrected chi connectivity index (χ4v) is 1.30. The second-order valence-electron chi connectivity index (χ2n) is 2.64. The fourth-order valence-electron chi connectivity index (χ4n) is 1.30. The molecule has 2 aliphatic rings. The molecule has 2 aliphatic heterocycles. The lowest BCUT2D eigenvalue weighted by Gasteiger charge is -2.12. The number of rotatable bonds is 1. The molecule has 56 valence electrons. The van der Waals surface area contributed by atoms with Gasteiger partial charge >= 0.3 is 5.97 Å². The SMILES string of the molecule is O=C(O)[C@@]12COCC[C@@H]1O2. The summed E-state index contributed by atoms with van der Waals surface area (Å²) in [7, 11) is 0. The third-order valence-corrected chi connectivity index (χ3v) is 2.02. The minimum Gasteiger partial charge on any atom is -0.479 e. The Balaban J connectivity index is 2.12. The minimum atomic E-state index is -0.960. The third kappa shape index (κ3) is 0.602. The van der Waals surface area contributed by atoms with Crippen LogP contribution >= 0.6 is 0 Å². The second-order valence-corrected chi connectivity index (χ2v) is 2.64. The number of ether oxygens (including phenoxy) is 2. The molecular formula is C6H8O4. The van der Waals surface area contributed by atoms with Gasteiger partial charge in [-0.1, -0.05) is 0 Å². The molecule has 0 bridgehead atoms. The topological polar surface area (TPSA) is 59.1 Å².